The van der Waals surface area contributed by atoms with Gasteiger partial charge in [0.1, 0.15) is 18.5 Å². The van der Waals surface area contributed by atoms with Crippen LogP contribution in [-0.2, 0) is 5.41 Å². The SMILES string of the molecule is Cc1ccc(OC[C@H](O)CN[C@H](C)c2ccccc2)c(C(C)(C)C)c1. The zero-order valence-electron chi connectivity index (χ0n) is 16.0. The zero-order chi connectivity index (χ0) is 18.4. The van der Waals surface area contributed by atoms with Gasteiger partial charge < -0.3 is 15.2 Å². The van der Waals surface area contributed by atoms with Gasteiger partial charge in [0.05, 0.1) is 0 Å². The Bertz CT molecular complexity index is 661. The first-order chi connectivity index (χ1) is 11.8. The summed E-state index contributed by atoms with van der Waals surface area (Å²) in [6.45, 7) is 11.5. The van der Waals surface area contributed by atoms with Crippen molar-refractivity contribution >= 4 is 0 Å². The molecule has 0 unspecified atom stereocenters. The maximum atomic E-state index is 10.3. The van der Waals surface area contributed by atoms with E-state index in [2.05, 4.69) is 58.1 Å². The van der Waals surface area contributed by atoms with E-state index in [1.165, 1.54) is 16.7 Å². The van der Waals surface area contributed by atoms with E-state index in [9.17, 15) is 5.11 Å². The number of hydrogen-bond donors (Lipinski definition) is 2. The van der Waals surface area contributed by atoms with Crippen LogP contribution in [0.5, 0.6) is 5.75 Å². The van der Waals surface area contributed by atoms with Gasteiger partial charge in [0.2, 0.25) is 0 Å². The Morgan fingerprint density at radius 1 is 1.08 bits per heavy atom. The lowest BCUT2D eigenvalue weighted by atomic mass is 9.85. The highest BCUT2D eigenvalue weighted by molar-refractivity contribution is 5.41. The summed E-state index contributed by atoms with van der Waals surface area (Å²) in [5.74, 6) is 0.855. The van der Waals surface area contributed by atoms with E-state index in [1.54, 1.807) is 0 Å². The first-order valence-electron chi connectivity index (χ1n) is 8.97. The lowest BCUT2D eigenvalue weighted by Gasteiger charge is -2.24. The molecule has 0 radical (unpaired) electrons. The van der Waals surface area contributed by atoms with Crippen molar-refractivity contribution in [1.82, 2.24) is 5.32 Å². The average molecular weight is 341 g/mol. The summed E-state index contributed by atoms with van der Waals surface area (Å²) in [7, 11) is 0. The minimum atomic E-state index is -0.555. The normalized spacial score (nSPS) is 14.2. The van der Waals surface area contributed by atoms with Gasteiger partial charge in [0.25, 0.3) is 0 Å². The molecule has 0 aromatic heterocycles. The van der Waals surface area contributed by atoms with Crippen LogP contribution in [0.3, 0.4) is 0 Å². The van der Waals surface area contributed by atoms with Crippen molar-refractivity contribution in [2.45, 2.75) is 52.2 Å². The Morgan fingerprint density at radius 2 is 1.76 bits per heavy atom. The molecule has 0 saturated heterocycles. The fourth-order valence-electron chi connectivity index (χ4n) is 2.77. The number of aryl methyl sites for hydroxylation is 1. The molecule has 0 spiro atoms. The third-order valence-electron chi connectivity index (χ3n) is 4.33. The smallest absolute Gasteiger partial charge is 0.123 e. The second-order valence-electron chi connectivity index (χ2n) is 7.76. The fourth-order valence-corrected chi connectivity index (χ4v) is 2.77. The first kappa shape index (κ1) is 19.5. The van der Waals surface area contributed by atoms with Crippen LogP contribution < -0.4 is 10.1 Å². The lowest BCUT2D eigenvalue weighted by Crippen LogP contribution is -2.33. The molecule has 2 rings (SSSR count). The molecule has 0 saturated carbocycles. The summed E-state index contributed by atoms with van der Waals surface area (Å²) in [5, 5.41) is 13.6. The van der Waals surface area contributed by atoms with Crippen LogP contribution in [0.25, 0.3) is 0 Å². The highest BCUT2D eigenvalue weighted by Gasteiger charge is 2.20. The van der Waals surface area contributed by atoms with Gasteiger partial charge in [-0.15, -0.1) is 0 Å². The summed E-state index contributed by atoms with van der Waals surface area (Å²) in [6, 6.07) is 16.6. The maximum absolute atomic E-state index is 10.3. The standard InChI is InChI=1S/C22H31NO2/c1-16-11-12-21(20(13-16)22(3,4)5)25-15-19(24)14-23-17(2)18-9-7-6-8-10-18/h6-13,17,19,23-24H,14-15H2,1-5H3/t17-,19-/m1/s1. The Balaban J connectivity index is 1.89. The van der Waals surface area contributed by atoms with Crippen molar-refractivity contribution in [2.75, 3.05) is 13.2 Å². The van der Waals surface area contributed by atoms with Crippen LogP contribution in [0, 0.1) is 6.92 Å². The molecule has 0 aliphatic rings. The second-order valence-corrected chi connectivity index (χ2v) is 7.76. The summed E-state index contributed by atoms with van der Waals surface area (Å²) >= 11 is 0. The molecule has 2 N–H and O–H groups in total. The number of aliphatic hydroxyl groups is 1. The Hall–Kier alpha value is -1.84. The van der Waals surface area contributed by atoms with Crippen molar-refractivity contribution in [3.63, 3.8) is 0 Å². The molecule has 25 heavy (non-hydrogen) atoms. The zero-order valence-corrected chi connectivity index (χ0v) is 16.0. The van der Waals surface area contributed by atoms with E-state index in [0.717, 1.165) is 5.75 Å². The van der Waals surface area contributed by atoms with E-state index < -0.39 is 6.10 Å². The van der Waals surface area contributed by atoms with E-state index >= 15 is 0 Å². The molecule has 2 atom stereocenters. The number of hydrogen-bond acceptors (Lipinski definition) is 3. The highest BCUT2D eigenvalue weighted by atomic mass is 16.5. The van der Waals surface area contributed by atoms with E-state index in [4.69, 9.17) is 4.74 Å². The molecule has 0 heterocycles. The van der Waals surface area contributed by atoms with Crippen molar-refractivity contribution in [2.24, 2.45) is 0 Å². The topological polar surface area (TPSA) is 41.5 Å². The predicted octanol–water partition coefficient (Wildman–Crippen LogP) is 4.38. The van der Waals surface area contributed by atoms with Crippen molar-refractivity contribution < 1.29 is 9.84 Å². The molecule has 3 nitrogen and oxygen atoms in total. The van der Waals surface area contributed by atoms with Gasteiger partial charge in [-0.3, -0.25) is 0 Å². The highest BCUT2D eigenvalue weighted by Crippen LogP contribution is 2.32. The molecule has 0 fully saturated rings. The van der Waals surface area contributed by atoms with Crippen LogP contribution >= 0.6 is 0 Å². The van der Waals surface area contributed by atoms with Crippen LogP contribution in [0.15, 0.2) is 48.5 Å². The molecule has 2 aromatic rings. The van der Waals surface area contributed by atoms with Crippen LogP contribution in [0.4, 0.5) is 0 Å². The molecule has 136 valence electrons. The Kier molecular flexibility index (Phi) is 6.63. The number of benzene rings is 2. The quantitative estimate of drug-likeness (QED) is 0.785. The largest absolute Gasteiger partial charge is 0.491 e. The summed E-state index contributed by atoms with van der Waals surface area (Å²) < 4.78 is 5.93. The van der Waals surface area contributed by atoms with Crippen molar-refractivity contribution in [3.05, 3.63) is 65.2 Å². The monoisotopic (exact) mass is 341 g/mol. The van der Waals surface area contributed by atoms with Crippen LogP contribution in [0.2, 0.25) is 0 Å². The lowest BCUT2D eigenvalue weighted by molar-refractivity contribution is 0.103. The number of aliphatic hydroxyl groups excluding tert-OH is 1. The maximum Gasteiger partial charge on any atom is 0.123 e. The van der Waals surface area contributed by atoms with Gasteiger partial charge in [-0.25, -0.2) is 0 Å². The third-order valence-corrected chi connectivity index (χ3v) is 4.33. The van der Waals surface area contributed by atoms with E-state index in [1.807, 2.05) is 30.3 Å². The molecule has 2 aromatic carbocycles. The second kappa shape index (κ2) is 8.50. The Labute approximate surface area is 152 Å². The van der Waals surface area contributed by atoms with E-state index in [-0.39, 0.29) is 18.1 Å². The minimum absolute atomic E-state index is 0.00633. The van der Waals surface area contributed by atoms with Gasteiger partial charge >= 0.3 is 0 Å². The van der Waals surface area contributed by atoms with Gasteiger partial charge in [-0.2, -0.15) is 0 Å². The first-order valence-corrected chi connectivity index (χ1v) is 8.97. The number of rotatable bonds is 7. The third kappa shape index (κ3) is 5.87. The molecule has 0 amide bonds. The van der Waals surface area contributed by atoms with Crippen LogP contribution in [0.1, 0.15) is 50.4 Å². The molecule has 0 aliphatic heterocycles. The molecule has 0 aliphatic carbocycles. The van der Waals surface area contributed by atoms with Gasteiger partial charge in [0, 0.05) is 12.6 Å². The Morgan fingerprint density at radius 3 is 2.40 bits per heavy atom. The molecule has 3 heteroatoms. The molecular formula is C22H31NO2. The van der Waals surface area contributed by atoms with Crippen molar-refractivity contribution in [3.8, 4) is 5.75 Å². The molecule has 0 bridgehead atoms. The van der Waals surface area contributed by atoms with Crippen LogP contribution in [-0.4, -0.2) is 24.4 Å². The summed E-state index contributed by atoms with van der Waals surface area (Å²) in [4.78, 5) is 0. The number of ether oxygens (including phenoxy) is 1. The summed E-state index contributed by atoms with van der Waals surface area (Å²) in [6.07, 6.45) is -0.555. The summed E-state index contributed by atoms with van der Waals surface area (Å²) in [5.41, 5.74) is 3.61. The number of nitrogens with one attached hydrogen (secondary N) is 1. The van der Waals surface area contributed by atoms with Gasteiger partial charge in [-0.1, -0.05) is 68.8 Å². The van der Waals surface area contributed by atoms with Crippen molar-refractivity contribution in [1.29, 1.82) is 0 Å². The van der Waals surface area contributed by atoms with Gasteiger partial charge in [0.15, 0.2) is 0 Å². The average Bonchev–Trinajstić information content (AvgIpc) is 2.58. The van der Waals surface area contributed by atoms with Gasteiger partial charge in [-0.05, 0) is 36.5 Å². The molecular weight excluding hydrogens is 310 g/mol. The predicted molar refractivity (Wildman–Crippen MR) is 104 cm³/mol. The fraction of sp³-hybridized carbons (Fsp3) is 0.455. The van der Waals surface area contributed by atoms with E-state index in [0.29, 0.717) is 6.54 Å². The minimum Gasteiger partial charge on any atom is -0.491 e.